The van der Waals surface area contributed by atoms with Gasteiger partial charge in [0.2, 0.25) is 11.8 Å². The SMILES string of the molecule is Cc1coc(/C=C/C(=O)NC(C)(C)CN(C)Cc2ccccc2)n1. The highest BCUT2D eigenvalue weighted by Crippen LogP contribution is 2.09. The predicted octanol–water partition coefficient (Wildman–Crippen LogP) is 3.02. The molecule has 0 saturated heterocycles. The quantitative estimate of drug-likeness (QED) is 0.794. The fourth-order valence-corrected chi connectivity index (χ4v) is 2.64. The first kappa shape index (κ1) is 17.9. The average Bonchev–Trinajstić information content (AvgIpc) is 2.90. The molecule has 0 radical (unpaired) electrons. The lowest BCUT2D eigenvalue weighted by Crippen LogP contribution is -2.50. The number of benzene rings is 1. The summed E-state index contributed by atoms with van der Waals surface area (Å²) >= 11 is 0. The molecule has 1 heterocycles. The van der Waals surface area contributed by atoms with E-state index in [9.17, 15) is 4.79 Å². The van der Waals surface area contributed by atoms with Gasteiger partial charge in [-0.25, -0.2) is 4.98 Å². The van der Waals surface area contributed by atoms with Gasteiger partial charge < -0.3 is 9.73 Å². The smallest absolute Gasteiger partial charge is 0.244 e. The van der Waals surface area contributed by atoms with Crippen LogP contribution in [0.3, 0.4) is 0 Å². The second-order valence-corrected chi connectivity index (χ2v) is 6.69. The van der Waals surface area contributed by atoms with E-state index in [0.29, 0.717) is 5.89 Å². The number of aromatic nitrogens is 1. The Labute approximate surface area is 143 Å². The van der Waals surface area contributed by atoms with Crippen molar-refractivity contribution >= 4 is 12.0 Å². The number of nitrogens with zero attached hydrogens (tertiary/aromatic N) is 2. The molecule has 0 unspecified atom stereocenters. The Hall–Kier alpha value is -2.40. The zero-order valence-electron chi connectivity index (χ0n) is 14.7. The van der Waals surface area contributed by atoms with Gasteiger partial charge in [-0.3, -0.25) is 9.69 Å². The fourth-order valence-electron chi connectivity index (χ4n) is 2.64. The van der Waals surface area contributed by atoms with E-state index in [-0.39, 0.29) is 11.4 Å². The van der Waals surface area contributed by atoms with Crippen LogP contribution in [0.15, 0.2) is 47.1 Å². The number of aryl methyl sites for hydroxylation is 1. The minimum atomic E-state index is -0.350. The summed E-state index contributed by atoms with van der Waals surface area (Å²) < 4.78 is 5.19. The van der Waals surface area contributed by atoms with Crippen molar-refractivity contribution in [1.29, 1.82) is 0 Å². The summed E-state index contributed by atoms with van der Waals surface area (Å²) in [7, 11) is 2.05. The minimum absolute atomic E-state index is 0.163. The molecule has 24 heavy (non-hydrogen) atoms. The largest absolute Gasteiger partial charge is 0.445 e. The molecule has 0 bridgehead atoms. The zero-order chi connectivity index (χ0) is 17.6. The molecule has 1 aromatic carbocycles. The van der Waals surface area contributed by atoms with Crippen LogP contribution in [0.5, 0.6) is 0 Å². The lowest BCUT2D eigenvalue weighted by Gasteiger charge is -2.31. The van der Waals surface area contributed by atoms with E-state index in [0.717, 1.165) is 18.8 Å². The van der Waals surface area contributed by atoms with Crippen LogP contribution in [0.2, 0.25) is 0 Å². The highest BCUT2D eigenvalue weighted by molar-refractivity contribution is 5.91. The number of nitrogens with one attached hydrogen (secondary N) is 1. The number of hydrogen-bond donors (Lipinski definition) is 1. The molecule has 5 heteroatoms. The Morgan fingerprint density at radius 2 is 2.04 bits per heavy atom. The van der Waals surface area contributed by atoms with Crippen LogP contribution in [0.1, 0.15) is 31.0 Å². The first-order valence-electron chi connectivity index (χ1n) is 7.99. The summed E-state index contributed by atoms with van der Waals surface area (Å²) in [6.07, 6.45) is 4.58. The van der Waals surface area contributed by atoms with Gasteiger partial charge in [-0.1, -0.05) is 30.3 Å². The van der Waals surface area contributed by atoms with Gasteiger partial charge in [0.05, 0.1) is 5.69 Å². The van der Waals surface area contributed by atoms with E-state index in [1.54, 1.807) is 12.3 Å². The Balaban J connectivity index is 1.85. The van der Waals surface area contributed by atoms with Crippen molar-refractivity contribution in [3.05, 3.63) is 59.8 Å². The third kappa shape index (κ3) is 6.01. The monoisotopic (exact) mass is 327 g/mol. The van der Waals surface area contributed by atoms with Crippen molar-refractivity contribution in [1.82, 2.24) is 15.2 Å². The Kier molecular flexibility index (Phi) is 5.93. The van der Waals surface area contributed by atoms with Gasteiger partial charge in [0.15, 0.2) is 0 Å². The van der Waals surface area contributed by atoms with E-state index in [2.05, 4.69) is 27.3 Å². The van der Waals surface area contributed by atoms with Crippen LogP contribution in [0.4, 0.5) is 0 Å². The first-order chi connectivity index (χ1) is 11.3. The maximum Gasteiger partial charge on any atom is 0.244 e. The maximum absolute atomic E-state index is 12.1. The second kappa shape index (κ2) is 7.93. The molecule has 1 amide bonds. The van der Waals surface area contributed by atoms with Crippen LogP contribution < -0.4 is 5.32 Å². The second-order valence-electron chi connectivity index (χ2n) is 6.69. The molecule has 5 nitrogen and oxygen atoms in total. The molecule has 2 rings (SSSR count). The molecule has 128 valence electrons. The number of hydrogen-bond acceptors (Lipinski definition) is 4. The van der Waals surface area contributed by atoms with Crippen LogP contribution >= 0.6 is 0 Å². The van der Waals surface area contributed by atoms with E-state index in [1.807, 2.05) is 46.0 Å². The third-order valence-corrected chi connectivity index (χ3v) is 3.44. The standard InChI is InChI=1S/C19H25N3O2/c1-15-13-24-18(20-15)11-10-17(23)21-19(2,3)14-22(4)12-16-8-6-5-7-9-16/h5-11,13H,12,14H2,1-4H3,(H,21,23)/b11-10+. The molecule has 1 N–H and O–H groups in total. The van der Waals surface area contributed by atoms with E-state index in [1.165, 1.54) is 11.6 Å². The van der Waals surface area contributed by atoms with E-state index in [4.69, 9.17) is 4.42 Å². The van der Waals surface area contributed by atoms with Crippen LogP contribution in [-0.4, -0.2) is 34.9 Å². The highest BCUT2D eigenvalue weighted by atomic mass is 16.3. The van der Waals surface area contributed by atoms with Gasteiger partial charge in [0, 0.05) is 30.8 Å². The Bertz CT molecular complexity index is 690. The lowest BCUT2D eigenvalue weighted by atomic mass is 10.0. The van der Waals surface area contributed by atoms with Crippen molar-refractivity contribution in [3.8, 4) is 0 Å². The summed E-state index contributed by atoms with van der Waals surface area (Å²) in [5.74, 6) is 0.269. The molecule has 0 saturated carbocycles. The summed E-state index contributed by atoms with van der Waals surface area (Å²) in [5.41, 5.74) is 1.69. The van der Waals surface area contributed by atoms with E-state index >= 15 is 0 Å². The summed E-state index contributed by atoms with van der Waals surface area (Å²) in [6.45, 7) is 7.43. The molecule has 1 aromatic heterocycles. The number of likely N-dealkylation sites (N-methyl/N-ethyl adjacent to an activating group) is 1. The van der Waals surface area contributed by atoms with Crippen LogP contribution in [0, 0.1) is 6.92 Å². The van der Waals surface area contributed by atoms with Gasteiger partial charge in [0.1, 0.15) is 6.26 Å². The molecule has 0 fully saturated rings. The number of oxazole rings is 1. The van der Waals surface area contributed by atoms with Gasteiger partial charge in [-0.05, 0) is 33.4 Å². The normalized spacial score (nSPS) is 12.0. The molecule has 2 aromatic rings. The zero-order valence-corrected chi connectivity index (χ0v) is 14.7. The summed E-state index contributed by atoms with van der Waals surface area (Å²) in [4.78, 5) is 18.4. The maximum atomic E-state index is 12.1. The molecular formula is C19H25N3O2. The topological polar surface area (TPSA) is 58.4 Å². The molecule has 0 aliphatic heterocycles. The summed E-state index contributed by atoms with van der Waals surface area (Å²) in [5, 5.41) is 3.01. The van der Waals surface area contributed by atoms with Crippen molar-refractivity contribution in [2.75, 3.05) is 13.6 Å². The highest BCUT2D eigenvalue weighted by Gasteiger charge is 2.21. The number of carbonyl (C=O) groups excluding carboxylic acids is 1. The molecule has 0 aliphatic rings. The Morgan fingerprint density at radius 1 is 1.33 bits per heavy atom. The van der Waals surface area contributed by atoms with E-state index < -0.39 is 0 Å². The molecular weight excluding hydrogens is 302 g/mol. The van der Waals surface area contributed by atoms with Crippen molar-refractivity contribution < 1.29 is 9.21 Å². The Morgan fingerprint density at radius 3 is 2.67 bits per heavy atom. The lowest BCUT2D eigenvalue weighted by molar-refractivity contribution is -0.118. The summed E-state index contributed by atoms with van der Waals surface area (Å²) in [6, 6.07) is 10.3. The number of amides is 1. The van der Waals surface area contributed by atoms with Crippen molar-refractivity contribution in [2.45, 2.75) is 32.9 Å². The molecule has 0 spiro atoms. The predicted molar refractivity (Wildman–Crippen MR) is 95.3 cm³/mol. The van der Waals surface area contributed by atoms with Crippen molar-refractivity contribution in [3.63, 3.8) is 0 Å². The van der Waals surface area contributed by atoms with Gasteiger partial charge in [0.25, 0.3) is 0 Å². The number of carbonyl (C=O) groups is 1. The number of rotatable bonds is 7. The van der Waals surface area contributed by atoms with Crippen LogP contribution in [-0.2, 0) is 11.3 Å². The van der Waals surface area contributed by atoms with Crippen LogP contribution in [0.25, 0.3) is 6.08 Å². The minimum Gasteiger partial charge on any atom is -0.445 e. The first-order valence-corrected chi connectivity index (χ1v) is 7.99. The molecule has 0 atom stereocenters. The van der Waals surface area contributed by atoms with Gasteiger partial charge in [-0.15, -0.1) is 0 Å². The van der Waals surface area contributed by atoms with Gasteiger partial charge in [-0.2, -0.15) is 0 Å². The average molecular weight is 327 g/mol. The fraction of sp³-hybridized carbons (Fsp3) is 0.368. The van der Waals surface area contributed by atoms with Crippen molar-refractivity contribution in [2.24, 2.45) is 0 Å². The third-order valence-electron chi connectivity index (χ3n) is 3.44. The molecule has 0 aliphatic carbocycles. The van der Waals surface area contributed by atoms with Gasteiger partial charge >= 0.3 is 0 Å².